The van der Waals surface area contributed by atoms with Crippen LogP contribution in [0.2, 0.25) is 0 Å². The molecular weight excluding hydrogens is 174 g/mol. The van der Waals surface area contributed by atoms with Gasteiger partial charge in [0.05, 0.1) is 11.6 Å². The third-order valence-corrected chi connectivity index (χ3v) is 3.62. The average Bonchev–Trinajstić information content (AvgIpc) is 2.58. The minimum Gasteiger partial charge on any atom is -0.388 e. The van der Waals surface area contributed by atoms with E-state index in [1.54, 1.807) is 0 Å². The van der Waals surface area contributed by atoms with E-state index in [-0.39, 0.29) is 6.04 Å². The van der Waals surface area contributed by atoms with Gasteiger partial charge in [-0.1, -0.05) is 24.3 Å². The number of hydrogen-bond donors (Lipinski definition) is 2. The second-order valence-electron chi connectivity index (χ2n) is 4.47. The Balaban J connectivity index is 1.97. The van der Waals surface area contributed by atoms with Gasteiger partial charge in [-0.2, -0.15) is 0 Å². The van der Waals surface area contributed by atoms with E-state index in [9.17, 15) is 5.11 Å². The minimum absolute atomic E-state index is 0.174. The molecule has 1 unspecified atom stereocenters. The summed E-state index contributed by atoms with van der Waals surface area (Å²) in [7, 11) is 0. The van der Waals surface area contributed by atoms with E-state index in [1.165, 1.54) is 11.1 Å². The summed E-state index contributed by atoms with van der Waals surface area (Å²) in [5, 5.41) is 13.7. The van der Waals surface area contributed by atoms with Gasteiger partial charge in [0.15, 0.2) is 0 Å². The fraction of sp³-hybridized carbons (Fsp3) is 0.500. The summed E-state index contributed by atoms with van der Waals surface area (Å²) in [6.45, 7) is 0.906. The van der Waals surface area contributed by atoms with Crippen molar-refractivity contribution in [3.63, 3.8) is 0 Å². The van der Waals surface area contributed by atoms with Crippen molar-refractivity contribution in [2.45, 2.75) is 37.5 Å². The molecule has 2 aliphatic rings. The van der Waals surface area contributed by atoms with Crippen molar-refractivity contribution in [3.8, 4) is 0 Å². The molecule has 1 fully saturated rings. The van der Waals surface area contributed by atoms with E-state index in [0.29, 0.717) is 0 Å². The van der Waals surface area contributed by atoms with Gasteiger partial charge in [0.1, 0.15) is 0 Å². The van der Waals surface area contributed by atoms with E-state index in [4.69, 9.17) is 0 Å². The van der Waals surface area contributed by atoms with Crippen molar-refractivity contribution >= 4 is 0 Å². The predicted molar refractivity (Wildman–Crippen MR) is 54.8 cm³/mol. The number of benzene rings is 1. The summed E-state index contributed by atoms with van der Waals surface area (Å²) >= 11 is 0. The molecule has 3 rings (SSSR count). The molecule has 0 spiro atoms. The van der Waals surface area contributed by atoms with Crippen LogP contribution in [0.25, 0.3) is 0 Å². The van der Waals surface area contributed by atoms with Crippen LogP contribution in [0.5, 0.6) is 0 Å². The SMILES string of the molecule is OC1(C2NCc3ccccc32)CCC1. The summed E-state index contributed by atoms with van der Waals surface area (Å²) in [4.78, 5) is 0. The van der Waals surface area contributed by atoms with Gasteiger partial charge >= 0.3 is 0 Å². The highest BCUT2D eigenvalue weighted by Crippen LogP contribution is 2.44. The van der Waals surface area contributed by atoms with Crippen molar-refractivity contribution in [2.75, 3.05) is 0 Å². The minimum atomic E-state index is -0.466. The lowest BCUT2D eigenvalue weighted by molar-refractivity contribution is -0.0637. The number of aliphatic hydroxyl groups is 1. The van der Waals surface area contributed by atoms with Gasteiger partial charge in [-0.05, 0) is 30.4 Å². The molecule has 1 aromatic rings. The van der Waals surface area contributed by atoms with Gasteiger partial charge in [-0.3, -0.25) is 0 Å². The Hall–Kier alpha value is -0.860. The van der Waals surface area contributed by atoms with Crippen molar-refractivity contribution in [3.05, 3.63) is 35.4 Å². The fourth-order valence-electron chi connectivity index (χ4n) is 2.61. The molecule has 1 saturated carbocycles. The quantitative estimate of drug-likeness (QED) is 0.705. The van der Waals surface area contributed by atoms with E-state index in [0.717, 1.165) is 25.8 Å². The molecule has 0 saturated heterocycles. The maximum Gasteiger partial charge on any atom is 0.0841 e. The Morgan fingerprint density at radius 2 is 2.07 bits per heavy atom. The smallest absolute Gasteiger partial charge is 0.0841 e. The zero-order valence-corrected chi connectivity index (χ0v) is 8.16. The first-order chi connectivity index (χ1) is 6.80. The van der Waals surface area contributed by atoms with Crippen LogP contribution in [-0.2, 0) is 6.54 Å². The largest absolute Gasteiger partial charge is 0.388 e. The van der Waals surface area contributed by atoms with Gasteiger partial charge < -0.3 is 10.4 Å². The number of rotatable bonds is 1. The Bertz CT molecular complexity index is 357. The normalized spacial score (nSPS) is 28.2. The molecule has 2 heteroatoms. The van der Waals surface area contributed by atoms with Gasteiger partial charge in [-0.15, -0.1) is 0 Å². The van der Waals surface area contributed by atoms with Crippen LogP contribution >= 0.6 is 0 Å². The highest BCUT2D eigenvalue weighted by Gasteiger charge is 2.45. The first-order valence-corrected chi connectivity index (χ1v) is 5.33. The van der Waals surface area contributed by atoms with Crippen molar-refractivity contribution in [1.29, 1.82) is 0 Å². The lowest BCUT2D eigenvalue weighted by atomic mass is 9.73. The predicted octanol–water partition coefficient (Wildman–Crippen LogP) is 1.75. The van der Waals surface area contributed by atoms with Crippen LogP contribution in [0.1, 0.15) is 36.4 Å². The Labute approximate surface area is 84.0 Å². The third kappa shape index (κ3) is 1.04. The summed E-state index contributed by atoms with van der Waals surface area (Å²) < 4.78 is 0. The molecule has 1 aliphatic heterocycles. The standard InChI is InChI=1S/C12H15NO/c14-12(6-3-7-12)11-10-5-2-1-4-9(10)8-13-11/h1-2,4-5,11,13-14H,3,6-8H2. The molecule has 2 nitrogen and oxygen atoms in total. The average molecular weight is 189 g/mol. The lowest BCUT2D eigenvalue weighted by Crippen LogP contribution is -2.46. The summed E-state index contributed by atoms with van der Waals surface area (Å²) in [6, 6.07) is 8.57. The van der Waals surface area contributed by atoms with Crippen LogP contribution in [0.3, 0.4) is 0 Å². The highest BCUT2D eigenvalue weighted by molar-refractivity contribution is 5.36. The van der Waals surface area contributed by atoms with Crippen LogP contribution in [0.4, 0.5) is 0 Å². The molecule has 2 N–H and O–H groups in total. The van der Waals surface area contributed by atoms with E-state index in [2.05, 4.69) is 29.6 Å². The molecule has 1 aromatic carbocycles. The van der Waals surface area contributed by atoms with E-state index < -0.39 is 5.60 Å². The zero-order valence-electron chi connectivity index (χ0n) is 8.16. The van der Waals surface area contributed by atoms with Crippen LogP contribution in [0, 0.1) is 0 Å². The van der Waals surface area contributed by atoms with Gasteiger partial charge in [-0.25, -0.2) is 0 Å². The van der Waals surface area contributed by atoms with Gasteiger partial charge in [0, 0.05) is 6.54 Å². The van der Waals surface area contributed by atoms with Crippen LogP contribution in [-0.4, -0.2) is 10.7 Å². The van der Waals surface area contributed by atoms with Crippen molar-refractivity contribution in [2.24, 2.45) is 0 Å². The first-order valence-electron chi connectivity index (χ1n) is 5.33. The second kappa shape index (κ2) is 2.81. The molecule has 1 aliphatic carbocycles. The van der Waals surface area contributed by atoms with E-state index >= 15 is 0 Å². The topological polar surface area (TPSA) is 32.3 Å². The van der Waals surface area contributed by atoms with Crippen LogP contribution in [0.15, 0.2) is 24.3 Å². The molecule has 74 valence electrons. The fourth-order valence-corrected chi connectivity index (χ4v) is 2.61. The molecular formula is C12H15NO. The molecule has 1 heterocycles. The van der Waals surface area contributed by atoms with Crippen molar-refractivity contribution < 1.29 is 5.11 Å². The maximum absolute atomic E-state index is 10.3. The van der Waals surface area contributed by atoms with Gasteiger partial charge in [0.2, 0.25) is 0 Å². The zero-order chi connectivity index (χ0) is 9.60. The monoisotopic (exact) mass is 189 g/mol. The lowest BCUT2D eigenvalue weighted by Gasteiger charge is -2.42. The third-order valence-electron chi connectivity index (χ3n) is 3.62. The summed E-state index contributed by atoms with van der Waals surface area (Å²) in [5.74, 6) is 0. The Morgan fingerprint density at radius 3 is 2.79 bits per heavy atom. The maximum atomic E-state index is 10.3. The molecule has 0 radical (unpaired) electrons. The Kier molecular flexibility index (Phi) is 1.70. The first kappa shape index (κ1) is 8.45. The molecule has 0 bridgehead atoms. The molecule has 0 amide bonds. The molecule has 14 heavy (non-hydrogen) atoms. The van der Waals surface area contributed by atoms with Crippen LogP contribution < -0.4 is 5.32 Å². The number of fused-ring (bicyclic) bond motifs is 1. The van der Waals surface area contributed by atoms with Gasteiger partial charge in [0.25, 0.3) is 0 Å². The van der Waals surface area contributed by atoms with Crippen molar-refractivity contribution in [1.82, 2.24) is 5.32 Å². The molecule has 1 atom stereocenters. The van der Waals surface area contributed by atoms with E-state index in [1.807, 2.05) is 0 Å². The number of nitrogens with one attached hydrogen (secondary N) is 1. The number of hydrogen-bond acceptors (Lipinski definition) is 2. The highest BCUT2D eigenvalue weighted by atomic mass is 16.3. The molecule has 0 aromatic heterocycles. The summed E-state index contributed by atoms with van der Waals surface area (Å²) in [5.41, 5.74) is 2.18. The Morgan fingerprint density at radius 1 is 1.29 bits per heavy atom. The second-order valence-corrected chi connectivity index (χ2v) is 4.47. The summed E-state index contributed by atoms with van der Waals surface area (Å²) in [6.07, 6.45) is 3.05.